The summed E-state index contributed by atoms with van der Waals surface area (Å²) < 4.78 is 2.38. The molecule has 3 radical (unpaired) electrons. The fraction of sp³-hybridized carbons (Fsp3) is 0.323. The van der Waals surface area contributed by atoms with Crippen molar-refractivity contribution < 1.29 is 60.3 Å². The quantitative estimate of drug-likeness (QED) is 0.0548. The number of benzene rings is 9. The van der Waals surface area contributed by atoms with E-state index in [9.17, 15) is 0 Å². The predicted octanol–water partition coefficient (Wildman–Crippen LogP) is 32.7. The summed E-state index contributed by atoms with van der Waals surface area (Å²) in [4.78, 5) is 37.5. The molecule has 9 nitrogen and oxygen atoms in total. The van der Waals surface area contributed by atoms with Gasteiger partial charge >= 0.3 is 0 Å². The zero-order valence-electron chi connectivity index (χ0n) is 91.8. The molecule has 1 unspecified atom stereocenters. The van der Waals surface area contributed by atoms with Gasteiger partial charge in [0.05, 0.1) is 24.2 Å². The van der Waals surface area contributed by atoms with Crippen molar-refractivity contribution >= 4 is 61.6 Å². The largest absolute Gasteiger partial charge is 0.341 e. The average molecular weight is 2500 g/mol. The molecule has 0 aliphatic rings. The van der Waals surface area contributed by atoms with Gasteiger partial charge < -0.3 is 34.5 Å². The first-order valence-corrected chi connectivity index (χ1v) is 61.3. The Kier molecular flexibility index (Phi) is 42.1. The van der Waals surface area contributed by atoms with E-state index < -0.39 is 24.2 Å². The fourth-order valence-electron chi connectivity index (χ4n) is 18.9. The SMILES string of the molecule is CC(C)(C)Cc1cc(-c2[c-]cccc2)ncc1[Si](C)(C)C.CC(C)Cc1cc(-c2[c-]cccc2)ncc1[Si](C)(C)C.CC(c1cc(-c2[c-]cccc2)ncc1[Si](C)(C)C)C(C)(C)C.CCn1c2ccccc2c2cc(-c3cnc(-c4[c-]cccc4)cc3C)ccc21.Cc1cc(C)c(-c2cnc(-c3[c-]cccc3)cc2CC(C)C)c(C)c1.Cc1nc(C)c(-c2cnc(-c3[c-]cccc3)cc2CC(C)(C)C)c(C)n1.[Ir].[Ir].[Ir]. The van der Waals surface area contributed by atoms with Crippen molar-refractivity contribution in [1.82, 2.24) is 44.4 Å². The van der Waals surface area contributed by atoms with Crippen molar-refractivity contribution in [3.05, 3.63) is 377 Å². The Hall–Kier alpha value is -10.6. The maximum Gasteiger partial charge on any atom is 0.125 e. The van der Waals surface area contributed by atoms with Crippen molar-refractivity contribution in [2.45, 2.75) is 249 Å². The van der Waals surface area contributed by atoms with Crippen LogP contribution in [0.25, 0.3) is 123 Å². The van der Waals surface area contributed by atoms with E-state index in [-0.39, 0.29) is 76.6 Å². The smallest absolute Gasteiger partial charge is 0.125 e. The third-order valence-electron chi connectivity index (χ3n) is 25.8. The number of hydrogen-bond donors (Lipinski definition) is 0. The third-order valence-corrected chi connectivity index (χ3v) is 32.0. The van der Waals surface area contributed by atoms with Gasteiger partial charge in [-0.2, -0.15) is 0 Å². The van der Waals surface area contributed by atoms with E-state index in [0.717, 1.165) is 128 Å². The first-order chi connectivity index (χ1) is 67.1. The van der Waals surface area contributed by atoms with E-state index in [1.165, 1.54) is 110 Å². The van der Waals surface area contributed by atoms with Gasteiger partial charge in [0.1, 0.15) is 5.82 Å². The number of rotatable bonds is 20. The molecule has 145 heavy (non-hydrogen) atoms. The monoisotopic (exact) mass is 2500 g/mol. The van der Waals surface area contributed by atoms with Gasteiger partial charge in [-0.15, -0.1) is 215 Å². The Morgan fingerprint density at radius 1 is 0.324 bits per heavy atom. The van der Waals surface area contributed by atoms with E-state index in [0.29, 0.717) is 17.8 Å². The average Bonchev–Trinajstić information content (AvgIpc) is 1.62. The van der Waals surface area contributed by atoms with Crippen LogP contribution >= 0.6 is 0 Å². The third kappa shape index (κ3) is 32.2. The van der Waals surface area contributed by atoms with Gasteiger partial charge in [0, 0.05) is 159 Å². The Balaban J connectivity index is 0.000000194. The maximum atomic E-state index is 4.77. The van der Waals surface area contributed by atoms with Crippen LogP contribution in [0.3, 0.4) is 0 Å². The summed E-state index contributed by atoms with van der Waals surface area (Å²) in [7, 11) is -4.13. The molecule has 0 spiro atoms. The molecular weight excluding hydrogens is 2350 g/mol. The van der Waals surface area contributed by atoms with Gasteiger partial charge in [-0.25, -0.2) is 9.97 Å². The number of hydrogen-bond acceptors (Lipinski definition) is 8. The molecule has 0 saturated carbocycles. The van der Waals surface area contributed by atoms with E-state index in [4.69, 9.17) is 24.9 Å². The minimum absolute atomic E-state index is 0. The first-order valence-electron chi connectivity index (χ1n) is 50.8. The van der Waals surface area contributed by atoms with Crippen LogP contribution in [0.5, 0.6) is 0 Å². The summed E-state index contributed by atoms with van der Waals surface area (Å²) in [6, 6.07) is 101. The standard InChI is InChI=1S/C26H21N2.C24H26N.C23H26N3.C20H28NSi.C19H26NSi.C18H24NSi.3Ir/c1-3-28-25-12-8-7-11-21(25)22-16-20(13-14-26(22)28)23-17-27-24(15-18(23)2)19-9-5-4-6-10-19;1-16(2)11-21-14-23(20-9-7-6-8-10-20)25-15-22(21)24-18(4)12-17(3)13-19(24)5;1-15-22(16(2)26-17(3)25-15)20-14-24-21(18-10-8-7-9-11-18)12-19(20)13-23(4,5)6;1-15(20(2,3)4)17-13-18(16-11-9-8-10-12-16)21-14-19(17)22(5,6)7;1-19(2,3)13-16-12-17(15-10-8-7-9-11-15)20-14-18(16)21(4,5)6;1-14(2)11-16-12-17(15-9-7-6-8-10-15)19-13-18(16)20(3,4)5;;;/h4-9,11-17H,3H2,1-2H3;6-9,12-16H,11H2,1-5H3;7-10,12,14H,13H2,1-6H3;8-11,13-15H,1-7H3;7-10,12,14H,13H2,1-6H3;6-9,12-14H,11H2,1-5H3;;;/q6*-1;;;. The summed E-state index contributed by atoms with van der Waals surface area (Å²) in [5.41, 5.74) is 37.1. The molecule has 0 amide bonds. The topological polar surface area (TPSA) is 108 Å². The van der Waals surface area contributed by atoms with Gasteiger partial charge in [0.2, 0.25) is 0 Å². The van der Waals surface area contributed by atoms with Crippen LogP contribution in [0, 0.1) is 113 Å². The molecule has 0 saturated heterocycles. The molecule has 17 aromatic rings. The van der Waals surface area contributed by atoms with Crippen LogP contribution in [-0.4, -0.2) is 68.7 Å². The summed E-state index contributed by atoms with van der Waals surface area (Å²) in [5, 5.41) is 7.06. The summed E-state index contributed by atoms with van der Waals surface area (Å²) in [5.74, 6) is 2.57. The van der Waals surface area contributed by atoms with E-state index >= 15 is 0 Å². The van der Waals surface area contributed by atoms with Crippen molar-refractivity contribution in [3.8, 4) is 101 Å². The molecule has 8 heterocycles. The molecule has 0 fully saturated rings. The van der Waals surface area contributed by atoms with E-state index in [1.807, 2.05) is 141 Å². The molecule has 17 rings (SSSR count). The fourth-order valence-corrected chi connectivity index (χ4v) is 23.6. The zero-order chi connectivity index (χ0) is 103. The number of aromatic nitrogens is 9. The summed E-state index contributed by atoms with van der Waals surface area (Å²) in [6.45, 7) is 71.6. The Morgan fingerprint density at radius 2 is 0.662 bits per heavy atom. The molecule has 8 aromatic heterocycles. The molecule has 0 aliphatic carbocycles. The van der Waals surface area contributed by atoms with Crippen LogP contribution in [0.4, 0.5) is 0 Å². The first kappa shape index (κ1) is 118. The van der Waals surface area contributed by atoms with Gasteiger partial charge in [-0.3, -0.25) is 0 Å². The normalized spacial score (nSPS) is 11.8. The predicted molar refractivity (Wildman–Crippen MR) is 615 cm³/mol. The second-order valence-electron chi connectivity index (χ2n) is 45.7. The Bertz CT molecular complexity index is 7040. The summed E-state index contributed by atoms with van der Waals surface area (Å²) in [6.07, 6.45) is 16.6. The number of fused-ring (bicyclic) bond motifs is 3. The van der Waals surface area contributed by atoms with Crippen LogP contribution in [0.2, 0.25) is 58.9 Å². The minimum atomic E-state index is -1.42. The van der Waals surface area contributed by atoms with E-state index in [1.54, 1.807) is 0 Å². The molecule has 0 aliphatic heterocycles. The molecule has 761 valence electrons. The van der Waals surface area contributed by atoms with Gasteiger partial charge in [0.25, 0.3) is 0 Å². The molecule has 1 atom stereocenters. The summed E-state index contributed by atoms with van der Waals surface area (Å²) >= 11 is 0. The van der Waals surface area contributed by atoms with Crippen molar-refractivity contribution in [1.29, 1.82) is 0 Å². The van der Waals surface area contributed by atoms with Crippen LogP contribution in [0.15, 0.2) is 274 Å². The Morgan fingerprint density at radius 3 is 1.05 bits per heavy atom. The van der Waals surface area contributed by atoms with Crippen molar-refractivity contribution in [2.75, 3.05) is 0 Å². The second-order valence-corrected chi connectivity index (χ2v) is 60.8. The molecular formula is C130H151Ir3N9Si3-6. The van der Waals surface area contributed by atoms with E-state index in [2.05, 4.69) is 400 Å². The molecule has 9 aromatic carbocycles. The second kappa shape index (κ2) is 51.8. The van der Waals surface area contributed by atoms with Crippen molar-refractivity contribution in [2.24, 2.45) is 28.1 Å². The van der Waals surface area contributed by atoms with Crippen LogP contribution < -0.4 is 15.6 Å². The number of aryl methyl sites for hydroxylation is 8. The number of pyridine rings is 6. The zero-order valence-corrected chi connectivity index (χ0v) is 102. The maximum absolute atomic E-state index is 4.77. The van der Waals surface area contributed by atoms with Gasteiger partial charge in [-0.1, -0.05) is 251 Å². The number of para-hydroxylation sites is 1. The van der Waals surface area contributed by atoms with Gasteiger partial charge in [0.15, 0.2) is 0 Å². The minimum Gasteiger partial charge on any atom is -0.341 e. The van der Waals surface area contributed by atoms with Crippen LogP contribution in [0.1, 0.15) is 177 Å². The van der Waals surface area contributed by atoms with Gasteiger partial charge in [-0.05, 0) is 222 Å². The molecule has 0 bridgehead atoms. The van der Waals surface area contributed by atoms with Crippen molar-refractivity contribution in [3.63, 3.8) is 0 Å². The van der Waals surface area contributed by atoms with Crippen LogP contribution in [-0.2, 0) is 92.5 Å². The molecule has 0 N–H and O–H groups in total. The number of nitrogens with zero attached hydrogens (tertiary/aromatic N) is 9. The molecule has 15 heteroatoms. The Labute approximate surface area is 914 Å².